The van der Waals surface area contributed by atoms with Crippen LogP contribution in [0, 0.1) is 6.92 Å². The highest BCUT2D eigenvalue weighted by Gasteiger charge is 2.07. The summed E-state index contributed by atoms with van der Waals surface area (Å²) in [5.74, 6) is -0.0262. The van der Waals surface area contributed by atoms with Crippen molar-refractivity contribution in [1.82, 2.24) is 5.32 Å². The summed E-state index contributed by atoms with van der Waals surface area (Å²) in [5, 5.41) is 8.26. The lowest BCUT2D eigenvalue weighted by molar-refractivity contribution is 0.0956. The van der Waals surface area contributed by atoms with Crippen molar-refractivity contribution in [2.24, 2.45) is 0 Å². The maximum atomic E-state index is 11.8. The molecule has 4 heteroatoms. The minimum Gasteiger partial charge on any atom is -0.380 e. The summed E-state index contributed by atoms with van der Waals surface area (Å²) < 4.78 is 0. The molecule has 0 radical (unpaired) electrons. The topological polar surface area (TPSA) is 41.1 Å². The number of hydrogen-bond donors (Lipinski definition) is 2. The molecule has 0 aliphatic heterocycles. The molecule has 3 nitrogen and oxygen atoms in total. The van der Waals surface area contributed by atoms with Crippen LogP contribution in [0.5, 0.6) is 0 Å². The number of aryl methyl sites for hydroxylation is 1. The molecule has 2 rings (SSSR count). The second-order valence-corrected chi connectivity index (χ2v) is 5.35. The number of rotatable bonds is 5. The van der Waals surface area contributed by atoms with Gasteiger partial charge in [0.05, 0.1) is 0 Å². The predicted octanol–water partition coefficient (Wildman–Crippen LogP) is 3.42. The fraction of sp³-hybridized carbons (Fsp3) is 0.267. The van der Waals surface area contributed by atoms with Crippen LogP contribution in [-0.2, 0) is 6.54 Å². The van der Waals surface area contributed by atoms with Gasteiger partial charge in [0, 0.05) is 29.2 Å². The first-order chi connectivity index (χ1) is 9.20. The molecule has 0 saturated heterocycles. The maximum Gasteiger partial charge on any atom is 0.251 e. The zero-order valence-electron chi connectivity index (χ0n) is 11.2. The van der Waals surface area contributed by atoms with Gasteiger partial charge in [-0.05, 0) is 43.0 Å². The smallest absolute Gasteiger partial charge is 0.251 e. The zero-order chi connectivity index (χ0) is 13.7. The Morgan fingerprint density at radius 1 is 1.32 bits per heavy atom. The average Bonchev–Trinajstić information content (AvgIpc) is 2.91. The van der Waals surface area contributed by atoms with E-state index in [-0.39, 0.29) is 5.91 Å². The molecule has 1 heterocycles. The van der Waals surface area contributed by atoms with E-state index in [0.717, 1.165) is 17.8 Å². The Kier molecular flexibility index (Phi) is 4.58. The Morgan fingerprint density at radius 3 is 2.84 bits per heavy atom. The van der Waals surface area contributed by atoms with E-state index < -0.39 is 0 Å². The summed E-state index contributed by atoms with van der Waals surface area (Å²) in [4.78, 5) is 13.1. The Balaban J connectivity index is 2.10. The third-order valence-electron chi connectivity index (χ3n) is 2.87. The predicted molar refractivity (Wildman–Crippen MR) is 80.8 cm³/mol. The van der Waals surface area contributed by atoms with Gasteiger partial charge in [-0.15, -0.1) is 11.3 Å². The van der Waals surface area contributed by atoms with E-state index in [1.165, 1.54) is 4.88 Å². The van der Waals surface area contributed by atoms with Crippen LogP contribution in [0.2, 0.25) is 0 Å². The van der Waals surface area contributed by atoms with Crippen molar-refractivity contribution in [2.75, 3.05) is 11.9 Å². The van der Waals surface area contributed by atoms with Crippen molar-refractivity contribution in [3.63, 3.8) is 0 Å². The number of amides is 1. The van der Waals surface area contributed by atoms with Crippen LogP contribution in [-0.4, -0.2) is 12.5 Å². The van der Waals surface area contributed by atoms with E-state index in [1.54, 1.807) is 11.3 Å². The van der Waals surface area contributed by atoms with E-state index >= 15 is 0 Å². The lowest BCUT2D eigenvalue weighted by atomic mass is 10.1. The van der Waals surface area contributed by atoms with Gasteiger partial charge in [0.2, 0.25) is 0 Å². The standard InChI is InChI=1S/C15H18N2OS/c1-3-16-15(18)12-7-6-11(2)14(9-12)17-10-13-5-4-8-19-13/h4-9,17H,3,10H2,1-2H3,(H,16,18). The van der Waals surface area contributed by atoms with Gasteiger partial charge in [0.1, 0.15) is 0 Å². The van der Waals surface area contributed by atoms with E-state index in [1.807, 2.05) is 38.1 Å². The SMILES string of the molecule is CCNC(=O)c1ccc(C)c(NCc2cccs2)c1. The molecule has 0 bridgehead atoms. The van der Waals surface area contributed by atoms with Crippen molar-refractivity contribution in [3.05, 3.63) is 51.7 Å². The highest BCUT2D eigenvalue weighted by atomic mass is 32.1. The third kappa shape index (κ3) is 3.58. The largest absolute Gasteiger partial charge is 0.380 e. The minimum absolute atomic E-state index is 0.0262. The van der Waals surface area contributed by atoms with Gasteiger partial charge in [-0.25, -0.2) is 0 Å². The van der Waals surface area contributed by atoms with Gasteiger partial charge in [-0.2, -0.15) is 0 Å². The number of nitrogens with one attached hydrogen (secondary N) is 2. The Hall–Kier alpha value is -1.81. The average molecular weight is 274 g/mol. The monoisotopic (exact) mass is 274 g/mol. The van der Waals surface area contributed by atoms with Crippen LogP contribution < -0.4 is 10.6 Å². The van der Waals surface area contributed by atoms with Crippen LogP contribution in [0.15, 0.2) is 35.7 Å². The molecule has 19 heavy (non-hydrogen) atoms. The lowest BCUT2D eigenvalue weighted by Gasteiger charge is -2.11. The van der Waals surface area contributed by atoms with Crippen molar-refractivity contribution in [2.45, 2.75) is 20.4 Å². The van der Waals surface area contributed by atoms with Crippen molar-refractivity contribution in [3.8, 4) is 0 Å². The number of benzene rings is 1. The van der Waals surface area contributed by atoms with Crippen molar-refractivity contribution < 1.29 is 4.79 Å². The van der Waals surface area contributed by atoms with Gasteiger partial charge in [0.25, 0.3) is 5.91 Å². The van der Waals surface area contributed by atoms with Gasteiger partial charge >= 0.3 is 0 Å². The summed E-state index contributed by atoms with van der Waals surface area (Å²) in [7, 11) is 0. The summed E-state index contributed by atoms with van der Waals surface area (Å²) in [5.41, 5.74) is 2.85. The molecule has 0 spiro atoms. The number of anilines is 1. The number of carbonyl (C=O) groups is 1. The van der Waals surface area contributed by atoms with Gasteiger partial charge < -0.3 is 10.6 Å². The van der Waals surface area contributed by atoms with Crippen LogP contribution >= 0.6 is 11.3 Å². The molecule has 0 unspecified atom stereocenters. The van der Waals surface area contributed by atoms with Crippen LogP contribution in [0.3, 0.4) is 0 Å². The summed E-state index contributed by atoms with van der Waals surface area (Å²) in [6, 6.07) is 9.88. The Labute approximate surface area is 117 Å². The molecular weight excluding hydrogens is 256 g/mol. The molecule has 1 amide bonds. The Morgan fingerprint density at radius 2 is 2.16 bits per heavy atom. The van der Waals surface area contributed by atoms with Crippen LogP contribution in [0.4, 0.5) is 5.69 Å². The summed E-state index contributed by atoms with van der Waals surface area (Å²) in [6.45, 7) is 5.39. The van der Waals surface area contributed by atoms with Gasteiger partial charge in [-0.1, -0.05) is 12.1 Å². The molecule has 1 aromatic carbocycles. The molecule has 0 fully saturated rings. The molecular formula is C15H18N2OS. The molecule has 1 aromatic heterocycles. The molecule has 2 aromatic rings. The fourth-order valence-corrected chi connectivity index (χ4v) is 2.46. The molecule has 0 atom stereocenters. The van der Waals surface area contributed by atoms with E-state index in [4.69, 9.17) is 0 Å². The first-order valence-corrected chi connectivity index (χ1v) is 7.23. The zero-order valence-corrected chi connectivity index (χ0v) is 12.0. The second-order valence-electron chi connectivity index (χ2n) is 4.32. The lowest BCUT2D eigenvalue weighted by Crippen LogP contribution is -2.22. The number of carbonyl (C=O) groups excluding carboxylic acids is 1. The molecule has 100 valence electrons. The van der Waals surface area contributed by atoms with E-state index in [9.17, 15) is 4.79 Å². The molecule has 0 aliphatic rings. The highest BCUT2D eigenvalue weighted by Crippen LogP contribution is 2.19. The first kappa shape index (κ1) is 13.6. The molecule has 2 N–H and O–H groups in total. The van der Waals surface area contributed by atoms with Gasteiger partial charge in [0.15, 0.2) is 0 Å². The third-order valence-corrected chi connectivity index (χ3v) is 3.75. The fourth-order valence-electron chi connectivity index (χ4n) is 1.81. The van der Waals surface area contributed by atoms with Crippen molar-refractivity contribution >= 4 is 22.9 Å². The number of thiophene rings is 1. The van der Waals surface area contributed by atoms with Crippen molar-refractivity contribution in [1.29, 1.82) is 0 Å². The highest BCUT2D eigenvalue weighted by molar-refractivity contribution is 7.09. The van der Waals surface area contributed by atoms with E-state index in [0.29, 0.717) is 12.1 Å². The minimum atomic E-state index is -0.0262. The Bertz CT molecular complexity index is 549. The first-order valence-electron chi connectivity index (χ1n) is 6.36. The summed E-state index contributed by atoms with van der Waals surface area (Å²) >= 11 is 1.72. The quantitative estimate of drug-likeness (QED) is 0.877. The van der Waals surface area contributed by atoms with Crippen LogP contribution in [0.1, 0.15) is 27.7 Å². The molecule has 0 saturated carbocycles. The van der Waals surface area contributed by atoms with Gasteiger partial charge in [-0.3, -0.25) is 4.79 Å². The number of hydrogen-bond acceptors (Lipinski definition) is 3. The second kappa shape index (κ2) is 6.38. The normalized spacial score (nSPS) is 10.2. The van der Waals surface area contributed by atoms with Crippen LogP contribution in [0.25, 0.3) is 0 Å². The maximum absolute atomic E-state index is 11.8. The van der Waals surface area contributed by atoms with E-state index in [2.05, 4.69) is 22.1 Å². The summed E-state index contributed by atoms with van der Waals surface area (Å²) in [6.07, 6.45) is 0. The molecule has 0 aliphatic carbocycles.